The molecule has 0 saturated carbocycles. The number of carbonyl (C=O) groups is 1. The number of aromatic amines is 1. The van der Waals surface area contributed by atoms with Crippen molar-refractivity contribution in [1.82, 2.24) is 15.3 Å². The molecule has 25 heavy (non-hydrogen) atoms. The maximum absolute atomic E-state index is 12.5. The number of benzene rings is 2. The Hall–Kier alpha value is -1.98. The maximum atomic E-state index is 12.5. The lowest BCUT2D eigenvalue weighted by Gasteiger charge is -2.16. The highest BCUT2D eigenvalue weighted by Gasteiger charge is 2.18. The summed E-state index contributed by atoms with van der Waals surface area (Å²) >= 11 is 7.65. The van der Waals surface area contributed by atoms with Crippen molar-refractivity contribution in [1.29, 1.82) is 0 Å². The number of halogens is 1. The predicted octanol–water partition coefficient (Wildman–Crippen LogP) is 4.37. The van der Waals surface area contributed by atoms with E-state index >= 15 is 0 Å². The number of thioether (sulfide) groups is 1. The Bertz CT molecular complexity index is 814. The van der Waals surface area contributed by atoms with Gasteiger partial charge in [0.25, 0.3) is 0 Å². The standard InChI is InChI=1S/C19H20ClN3OS/c1-25-11-10-17(19-22-15-4-2-3-5-16(15)23-19)21-18(24)12-13-6-8-14(20)9-7-13/h2-9,17H,10-12H2,1H3,(H,21,24)(H,22,23)/t17-/m1/s1. The highest BCUT2D eigenvalue weighted by molar-refractivity contribution is 7.98. The Morgan fingerprint density at radius 1 is 1.24 bits per heavy atom. The molecule has 0 spiro atoms. The van der Waals surface area contributed by atoms with Gasteiger partial charge in [-0.2, -0.15) is 11.8 Å². The average molecular weight is 374 g/mol. The summed E-state index contributed by atoms with van der Waals surface area (Å²) in [6.45, 7) is 0. The van der Waals surface area contributed by atoms with Gasteiger partial charge in [-0.25, -0.2) is 4.98 Å². The second-order valence-corrected chi connectivity index (χ2v) is 7.27. The van der Waals surface area contributed by atoms with Crippen LogP contribution in [0.25, 0.3) is 11.0 Å². The third-order valence-electron chi connectivity index (χ3n) is 3.96. The molecule has 3 aromatic rings. The van der Waals surface area contributed by atoms with Crippen LogP contribution < -0.4 is 5.32 Å². The molecule has 0 saturated heterocycles. The van der Waals surface area contributed by atoms with Crippen LogP contribution in [0.5, 0.6) is 0 Å². The first-order valence-corrected chi connectivity index (χ1v) is 9.90. The largest absolute Gasteiger partial charge is 0.346 e. The first-order chi connectivity index (χ1) is 12.2. The maximum Gasteiger partial charge on any atom is 0.225 e. The van der Waals surface area contributed by atoms with Gasteiger partial charge in [0.15, 0.2) is 0 Å². The molecule has 0 unspecified atom stereocenters. The van der Waals surface area contributed by atoms with Gasteiger partial charge in [0.05, 0.1) is 23.5 Å². The number of fused-ring (bicyclic) bond motifs is 1. The number of nitrogens with one attached hydrogen (secondary N) is 2. The molecule has 130 valence electrons. The van der Waals surface area contributed by atoms with E-state index in [1.807, 2.05) is 36.4 Å². The highest BCUT2D eigenvalue weighted by Crippen LogP contribution is 2.20. The van der Waals surface area contributed by atoms with E-state index in [1.54, 1.807) is 23.9 Å². The molecule has 0 radical (unpaired) electrons. The molecule has 2 N–H and O–H groups in total. The van der Waals surface area contributed by atoms with E-state index in [-0.39, 0.29) is 11.9 Å². The number of hydrogen-bond acceptors (Lipinski definition) is 3. The van der Waals surface area contributed by atoms with Crippen LogP contribution in [0.4, 0.5) is 0 Å². The van der Waals surface area contributed by atoms with Gasteiger partial charge in [-0.3, -0.25) is 4.79 Å². The van der Waals surface area contributed by atoms with Gasteiger partial charge < -0.3 is 10.3 Å². The van der Waals surface area contributed by atoms with Crippen molar-refractivity contribution in [2.45, 2.75) is 18.9 Å². The predicted molar refractivity (Wildman–Crippen MR) is 105 cm³/mol. The molecule has 1 amide bonds. The van der Waals surface area contributed by atoms with Gasteiger partial charge in [0.1, 0.15) is 5.82 Å². The van der Waals surface area contributed by atoms with Crippen molar-refractivity contribution in [2.24, 2.45) is 0 Å². The molecule has 1 heterocycles. The zero-order chi connectivity index (χ0) is 17.6. The Labute approximate surface area is 156 Å². The second-order valence-electron chi connectivity index (χ2n) is 5.84. The van der Waals surface area contributed by atoms with Crippen LogP contribution in [-0.4, -0.2) is 27.9 Å². The number of rotatable bonds is 7. The van der Waals surface area contributed by atoms with Crippen LogP contribution in [0.2, 0.25) is 5.02 Å². The summed E-state index contributed by atoms with van der Waals surface area (Å²) < 4.78 is 0. The third kappa shape index (κ3) is 4.77. The SMILES string of the molecule is CSCC[C@@H](NC(=O)Cc1ccc(Cl)cc1)c1nc2ccccc2[nH]1. The van der Waals surface area contributed by atoms with Crippen molar-refractivity contribution in [3.8, 4) is 0 Å². The van der Waals surface area contributed by atoms with E-state index in [2.05, 4.69) is 21.5 Å². The molecule has 0 bridgehead atoms. The fourth-order valence-corrected chi connectivity index (χ4v) is 3.28. The van der Waals surface area contributed by atoms with Crippen LogP contribution in [0.15, 0.2) is 48.5 Å². The monoisotopic (exact) mass is 373 g/mol. The van der Waals surface area contributed by atoms with E-state index in [0.29, 0.717) is 11.4 Å². The zero-order valence-corrected chi connectivity index (χ0v) is 15.5. The second kappa shape index (κ2) is 8.41. The third-order valence-corrected chi connectivity index (χ3v) is 4.86. The zero-order valence-electron chi connectivity index (χ0n) is 14.0. The molecular formula is C19H20ClN3OS. The molecule has 0 fully saturated rings. The number of carbonyl (C=O) groups excluding carboxylic acids is 1. The highest BCUT2D eigenvalue weighted by atomic mass is 35.5. The lowest BCUT2D eigenvalue weighted by Crippen LogP contribution is -2.31. The normalized spacial score (nSPS) is 12.2. The minimum absolute atomic E-state index is 0.0196. The van der Waals surface area contributed by atoms with Gasteiger partial charge in [0.2, 0.25) is 5.91 Å². The summed E-state index contributed by atoms with van der Waals surface area (Å²) in [4.78, 5) is 20.4. The fourth-order valence-electron chi connectivity index (χ4n) is 2.68. The number of amides is 1. The summed E-state index contributed by atoms with van der Waals surface area (Å²) in [7, 11) is 0. The van der Waals surface area contributed by atoms with Crippen molar-refractivity contribution in [2.75, 3.05) is 12.0 Å². The number of nitrogens with zero attached hydrogens (tertiary/aromatic N) is 1. The van der Waals surface area contributed by atoms with E-state index in [4.69, 9.17) is 11.6 Å². The molecule has 0 aliphatic carbocycles. The minimum atomic E-state index is -0.125. The van der Waals surface area contributed by atoms with Gasteiger partial charge in [0, 0.05) is 5.02 Å². The van der Waals surface area contributed by atoms with Crippen LogP contribution in [-0.2, 0) is 11.2 Å². The summed E-state index contributed by atoms with van der Waals surface area (Å²) in [5.41, 5.74) is 2.84. The van der Waals surface area contributed by atoms with Crippen LogP contribution >= 0.6 is 23.4 Å². The van der Waals surface area contributed by atoms with Crippen molar-refractivity contribution in [3.05, 3.63) is 64.9 Å². The molecule has 1 aromatic heterocycles. The van der Waals surface area contributed by atoms with Crippen LogP contribution in [0.1, 0.15) is 23.9 Å². The lowest BCUT2D eigenvalue weighted by atomic mass is 10.1. The topological polar surface area (TPSA) is 57.8 Å². The van der Waals surface area contributed by atoms with Crippen molar-refractivity contribution >= 4 is 40.3 Å². The van der Waals surface area contributed by atoms with E-state index in [9.17, 15) is 4.79 Å². The van der Waals surface area contributed by atoms with E-state index in [1.165, 1.54) is 0 Å². The molecule has 4 nitrogen and oxygen atoms in total. The van der Waals surface area contributed by atoms with Crippen LogP contribution in [0.3, 0.4) is 0 Å². The van der Waals surface area contributed by atoms with E-state index in [0.717, 1.165) is 34.6 Å². The summed E-state index contributed by atoms with van der Waals surface area (Å²) in [5.74, 6) is 1.73. The first-order valence-electron chi connectivity index (χ1n) is 8.13. The Balaban J connectivity index is 1.73. The molecule has 6 heteroatoms. The number of hydrogen-bond donors (Lipinski definition) is 2. The molecular weight excluding hydrogens is 354 g/mol. The van der Waals surface area contributed by atoms with Gasteiger partial charge >= 0.3 is 0 Å². The first kappa shape index (κ1) is 17.8. The Morgan fingerprint density at radius 2 is 2.00 bits per heavy atom. The number of imidazole rings is 1. The molecule has 1 atom stereocenters. The molecule has 2 aromatic carbocycles. The molecule has 3 rings (SSSR count). The molecule has 0 aliphatic rings. The Kier molecular flexibility index (Phi) is 6.00. The van der Waals surface area contributed by atoms with Crippen LogP contribution in [0, 0.1) is 0 Å². The number of H-pyrrole nitrogens is 1. The summed E-state index contributed by atoms with van der Waals surface area (Å²) in [5, 5.41) is 3.78. The number of para-hydroxylation sites is 2. The van der Waals surface area contributed by atoms with E-state index < -0.39 is 0 Å². The van der Waals surface area contributed by atoms with Gasteiger partial charge in [-0.15, -0.1) is 0 Å². The summed E-state index contributed by atoms with van der Waals surface area (Å²) in [6.07, 6.45) is 3.21. The van der Waals surface area contributed by atoms with Gasteiger partial charge in [-0.05, 0) is 48.3 Å². The quantitative estimate of drug-likeness (QED) is 0.646. The fraction of sp³-hybridized carbons (Fsp3) is 0.263. The summed E-state index contributed by atoms with van der Waals surface area (Å²) in [6, 6.07) is 15.1. The number of aromatic nitrogens is 2. The average Bonchev–Trinajstić information content (AvgIpc) is 3.04. The van der Waals surface area contributed by atoms with Crippen molar-refractivity contribution in [3.63, 3.8) is 0 Å². The smallest absolute Gasteiger partial charge is 0.225 e. The lowest BCUT2D eigenvalue weighted by molar-refractivity contribution is -0.121. The minimum Gasteiger partial charge on any atom is -0.346 e. The van der Waals surface area contributed by atoms with Gasteiger partial charge in [-0.1, -0.05) is 35.9 Å². The van der Waals surface area contributed by atoms with Crippen molar-refractivity contribution < 1.29 is 4.79 Å². The Morgan fingerprint density at radius 3 is 2.72 bits per heavy atom. The molecule has 0 aliphatic heterocycles.